The van der Waals surface area contributed by atoms with Crippen molar-refractivity contribution in [1.82, 2.24) is 0 Å². The zero-order valence-electron chi connectivity index (χ0n) is 16.2. The topological polar surface area (TPSA) is 30.8 Å². The van der Waals surface area contributed by atoms with Crippen LogP contribution in [-0.4, -0.2) is 12.8 Å². The fraction of sp³-hybridized carbons (Fsp3) is 0.208. The fourth-order valence-corrected chi connectivity index (χ4v) is 2.70. The Morgan fingerprint density at radius 2 is 1.54 bits per heavy atom. The number of aryl methyl sites for hydroxylation is 1. The van der Waals surface area contributed by atoms with Gasteiger partial charge in [0.25, 0.3) is 0 Å². The van der Waals surface area contributed by atoms with Crippen LogP contribution in [0.3, 0.4) is 0 Å². The molecule has 0 bridgehead atoms. The van der Waals surface area contributed by atoms with Crippen molar-refractivity contribution in [2.75, 3.05) is 6.61 Å². The summed E-state index contributed by atoms with van der Waals surface area (Å²) in [5.41, 5.74) is 4.02. The fourth-order valence-electron chi connectivity index (χ4n) is 2.70. The molecule has 3 aromatic carbocycles. The molecule has 0 aromatic heterocycles. The molecule has 0 aliphatic rings. The number of rotatable bonds is 8. The molecule has 0 heterocycles. The van der Waals surface area contributed by atoms with E-state index in [0.717, 1.165) is 23.2 Å². The maximum Gasteiger partial charge on any atom is 0.161 e. The van der Waals surface area contributed by atoms with Gasteiger partial charge in [-0.3, -0.25) is 4.99 Å². The smallest absolute Gasteiger partial charge is 0.161 e. The van der Waals surface area contributed by atoms with Crippen LogP contribution in [0.15, 0.2) is 71.7 Å². The predicted octanol–water partition coefficient (Wildman–Crippen LogP) is 6.12. The molecule has 0 amide bonds. The van der Waals surface area contributed by atoms with Gasteiger partial charge >= 0.3 is 0 Å². The van der Waals surface area contributed by atoms with Gasteiger partial charge in [0.15, 0.2) is 11.5 Å². The Labute approximate surface area is 165 Å². The number of hydrogen-bond acceptors (Lipinski definition) is 3. The minimum absolute atomic E-state index is 0.258. The summed E-state index contributed by atoms with van der Waals surface area (Å²) in [5.74, 6) is 1.05. The van der Waals surface area contributed by atoms with Gasteiger partial charge in [0.05, 0.1) is 12.3 Å². The lowest BCUT2D eigenvalue weighted by Gasteiger charge is -2.12. The zero-order valence-corrected chi connectivity index (χ0v) is 16.2. The highest BCUT2D eigenvalue weighted by Crippen LogP contribution is 2.29. The lowest BCUT2D eigenvalue weighted by Crippen LogP contribution is -2.00. The minimum Gasteiger partial charge on any atom is -0.490 e. The number of nitrogens with zero attached hydrogens (tertiary/aromatic N) is 1. The summed E-state index contributed by atoms with van der Waals surface area (Å²) in [6, 6.07) is 20.2. The summed E-state index contributed by atoms with van der Waals surface area (Å²) in [7, 11) is 0. The van der Waals surface area contributed by atoms with Crippen molar-refractivity contribution in [3.8, 4) is 11.5 Å². The standard InChI is InChI=1S/C24H24FNO2/c1-3-18-7-12-22(13-8-18)26-16-20-9-14-23(24(15-20)27-4-2)28-17-19-5-10-21(25)11-6-19/h5-16H,3-4,17H2,1-2H3. The number of benzene rings is 3. The third-order valence-corrected chi connectivity index (χ3v) is 4.28. The number of ether oxygens (including phenoxy) is 2. The molecule has 0 unspecified atom stereocenters. The molecule has 0 atom stereocenters. The molecule has 0 saturated heterocycles. The van der Waals surface area contributed by atoms with Crippen molar-refractivity contribution >= 4 is 11.9 Å². The highest BCUT2D eigenvalue weighted by Gasteiger charge is 2.07. The van der Waals surface area contributed by atoms with Crippen LogP contribution < -0.4 is 9.47 Å². The van der Waals surface area contributed by atoms with E-state index < -0.39 is 0 Å². The van der Waals surface area contributed by atoms with Crippen LogP contribution in [0.25, 0.3) is 0 Å². The Morgan fingerprint density at radius 3 is 2.21 bits per heavy atom. The van der Waals surface area contributed by atoms with Crippen molar-refractivity contribution in [1.29, 1.82) is 0 Å². The third-order valence-electron chi connectivity index (χ3n) is 4.28. The molecule has 0 fully saturated rings. The van der Waals surface area contributed by atoms with Crippen LogP contribution in [0.4, 0.5) is 10.1 Å². The lowest BCUT2D eigenvalue weighted by molar-refractivity contribution is 0.269. The summed E-state index contributed by atoms with van der Waals surface area (Å²) >= 11 is 0. The SMILES string of the molecule is CCOc1cc(C=Nc2ccc(CC)cc2)ccc1OCc1ccc(F)cc1. The molecule has 3 nitrogen and oxygen atoms in total. The van der Waals surface area contributed by atoms with Gasteiger partial charge in [-0.25, -0.2) is 4.39 Å². The Kier molecular flexibility index (Phi) is 6.79. The highest BCUT2D eigenvalue weighted by molar-refractivity contribution is 5.83. The highest BCUT2D eigenvalue weighted by atomic mass is 19.1. The van der Waals surface area contributed by atoms with E-state index in [0.29, 0.717) is 24.7 Å². The van der Waals surface area contributed by atoms with Gasteiger partial charge in [-0.05, 0) is 72.5 Å². The second kappa shape index (κ2) is 9.70. The van der Waals surface area contributed by atoms with Crippen molar-refractivity contribution in [2.24, 2.45) is 4.99 Å². The molecule has 28 heavy (non-hydrogen) atoms. The zero-order chi connectivity index (χ0) is 19.8. The van der Waals surface area contributed by atoms with Gasteiger partial charge in [0.2, 0.25) is 0 Å². The maximum absolute atomic E-state index is 13.0. The van der Waals surface area contributed by atoms with Gasteiger partial charge < -0.3 is 9.47 Å². The van der Waals surface area contributed by atoms with Gasteiger partial charge in [-0.2, -0.15) is 0 Å². The van der Waals surface area contributed by atoms with E-state index in [1.165, 1.54) is 17.7 Å². The van der Waals surface area contributed by atoms with E-state index >= 15 is 0 Å². The largest absolute Gasteiger partial charge is 0.490 e. The van der Waals surface area contributed by atoms with Crippen molar-refractivity contribution < 1.29 is 13.9 Å². The van der Waals surface area contributed by atoms with E-state index in [1.807, 2.05) is 43.5 Å². The Hall–Kier alpha value is -3.14. The van der Waals surface area contributed by atoms with E-state index in [9.17, 15) is 4.39 Å². The van der Waals surface area contributed by atoms with Crippen LogP contribution in [0.1, 0.15) is 30.5 Å². The van der Waals surface area contributed by atoms with Gasteiger partial charge in [-0.15, -0.1) is 0 Å². The molecule has 3 rings (SSSR count). The summed E-state index contributed by atoms with van der Waals surface area (Å²) in [5, 5.41) is 0. The summed E-state index contributed by atoms with van der Waals surface area (Å²) < 4.78 is 24.6. The first-order chi connectivity index (χ1) is 13.7. The molecule has 0 saturated carbocycles. The first-order valence-corrected chi connectivity index (χ1v) is 9.45. The first kappa shape index (κ1) is 19.6. The van der Waals surface area contributed by atoms with E-state index in [-0.39, 0.29) is 5.82 Å². The first-order valence-electron chi connectivity index (χ1n) is 9.45. The average Bonchev–Trinajstić information content (AvgIpc) is 2.73. The molecule has 0 aliphatic carbocycles. The second-order valence-electron chi connectivity index (χ2n) is 6.33. The molecule has 0 radical (unpaired) electrons. The molecule has 3 aromatic rings. The minimum atomic E-state index is -0.258. The second-order valence-corrected chi connectivity index (χ2v) is 6.33. The quantitative estimate of drug-likeness (QED) is 0.443. The molecule has 144 valence electrons. The predicted molar refractivity (Wildman–Crippen MR) is 111 cm³/mol. The van der Waals surface area contributed by atoms with Crippen molar-refractivity contribution in [3.63, 3.8) is 0 Å². The van der Waals surface area contributed by atoms with Crippen LogP contribution in [-0.2, 0) is 13.0 Å². The summed E-state index contributed by atoms with van der Waals surface area (Å²) in [4.78, 5) is 4.53. The van der Waals surface area contributed by atoms with Gasteiger partial charge in [0, 0.05) is 6.21 Å². The molecule has 0 spiro atoms. The van der Waals surface area contributed by atoms with Crippen LogP contribution in [0.5, 0.6) is 11.5 Å². The molecular formula is C24H24FNO2. The monoisotopic (exact) mass is 377 g/mol. The molecular weight excluding hydrogens is 353 g/mol. The normalized spacial score (nSPS) is 11.0. The molecule has 4 heteroatoms. The summed E-state index contributed by atoms with van der Waals surface area (Å²) in [6.07, 6.45) is 2.83. The number of hydrogen-bond donors (Lipinski definition) is 0. The number of halogens is 1. The van der Waals surface area contributed by atoms with Crippen molar-refractivity contribution in [3.05, 3.63) is 89.2 Å². The average molecular weight is 377 g/mol. The van der Waals surface area contributed by atoms with Gasteiger partial charge in [-0.1, -0.05) is 31.2 Å². The summed E-state index contributed by atoms with van der Waals surface area (Å²) in [6.45, 7) is 4.94. The van der Waals surface area contributed by atoms with E-state index in [1.54, 1.807) is 12.1 Å². The Bertz CT molecular complexity index is 918. The van der Waals surface area contributed by atoms with Gasteiger partial charge in [0.1, 0.15) is 12.4 Å². The Balaban J connectivity index is 1.72. The van der Waals surface area contributed by atoms with Crippen molar-refractivity contribution in [2.45, 2.75) is 26.9 Å². The van der Waals surface area contributed by atoms with Crippen LogP contribution in [0.2, 0.25) is 0 Å². The lowest BCUT2D eigenvalue weighted by atomic mass is 10.1. The third kappa shape index (κ3) is 5.43. The maximum atomic E-state index is 13.0. The Morgan fingerprint density at radius 1 is 0.821 bits per heavy atom. The van der Waals surface area contributed by atoms with Crippen LogP contribution in [0, 0.1) is 5.82 Å². The van der Waals surface area contributed by atoms with E-state index in [2.05, 4.69) is 24.0 Å². The molecule has 0 N–H and O–H groups in total. The number of aliphatic imine (C=N–C) groups is 1. The van der Waals surface area contributed by atoms with Crippen LogP contribution >= 0.6 is 0 Å². The van der Waals surface area contributed by atoms with E-state index in [4.69, 9.17) is 9.47 Å². The molecule has 0 aliphatic heterocycles.